The van der Waals surface area contributed by atoms with Gasteiger partial charge in [0.25, 0.3) is 5.91 Å². The minimum atomic E-state index is -0.392. The quantitative estimate of drug-likeness (QED) is 0.562. The van der Waals surface area contributed by atoms with Crippen LogP contribution in [0.25, 0.3) is 0 Å². The Bertz CT molecular complexity index is 820. The second-order valence-corrected chi connectivity index (χ2v) is 6.42. The number of carbonyl (C=O) groups excluding carboxylic acids is 2. The summed E-state index contributed by atoms with van der Waals surface area (Å²) in [5.41, 5.74) is 3.69. The monoisotopic (exact) mass is 397 g/mol. The van der Waals surface area contributed by atoms with Crippen LogP contribution in [0.3, 0.4) is 0 Å². The van der Waals surface area contributed by atoms with Crippen LogP contribution in [0, 0.1) is 0 Å². The van der Waals surface area contributed by atoms with Gasteiger partial charge in [0, 0.05) is 21.3 Å². The van der Waals surface area contributed by atoms with Gasteiger partial charge in [0.2, 0.25) is 5.91 Å². The van der Waals surface area contributed by atoms with Crippen LogP contribution in [0.4, 0.5) is 5.69 Å². The summed E-state index contributed by atoms with van der Waals surface area (Å²) in [6.07, 6.45) is -0.000146. The molecule has 0 unspecified atom stereocenters. The van der Waals surface area contributed by atoms with E-state index < -0.39 is 5.91 Å². The molecule has 0 atom stereocenters. The van der Waals surface area contributed by atoms with Crippen molar-refractivity contribution in [1.29, 1.82) is 0 Å². The number of anilines is 1. The van der Waals surface area contributed by atoms with E-state index in [1.807, 2.05) is 0 Å². The molecule has 0 saturated heterocycles. The zero-order chi connectivity index (χ0) is 18.4. The SMILES string of the molecule is C/C(CC(=O)Nc1ccc(Cl)cc1Cl)=N\NC(=O)c1ccc(Cl)cc1. The molecule has 0 radical (unpaired) electrons. The molecule has 0 aliphatic heterocycles. The molecule has 5 nitrogen and oxygen atoms in total. The lowest BCUT2D eigenvalue weighted by molar-refractivity contribution is -0.115. The van der Waals surface area contributed by atoms with Crippen LogP contribution in [0.2, 0.25) is 15.1 Å². The molecule has 8 heteroatoms. The van der Waals surface area contributed by atoms with Gasteiger partial charge in [-0.05, 0) is 49.4 Å². The first-order valence-corrected chi connectivity index (χ1v) is 8.32. The lowest BCUT2D eigenvalue weighted by Gasteiger charge is -2.07. The number of amides is 2. The van der Waals surface area contributed by atoms with Crippen LogP contribution in [-0.2, 0) is 4.79 Å². The largest absolute Gasteiger partial charge is 0.324 e. The van der Waals surface area contributed by atoms with E-state index in [0.717, 1.165) is 0 Å². The van der Waals surface area contributed by atoms with Crippen LogP contribution in [-0.4, -0.2) is 17.5 Å². The molecule has 130 valence electrons. The van der Waals surface area contributed by atoms with E-state index in [2.05, 4.69) is 15.8 Å². The number of hydrogen-bond donors (Lipinski definition) is 2. The molecule has 2 rings (SSSR count). The summed E-state index contributed by atoms with van der Waals surface area (Å²) in [6, 6.07) is 11.1. The highest BCUT2D eigenvalue weighted by molar-refractivity contribution is 6.36. The second-order valence-electron chi connectivity index (χ2n) is 5.14. The zero-order valence-electron chi connectivity index (χ0n) is 13.1. The van der Waals surface area contributed by atoms with Gasteiger partial charge in [-0.3, -0.25) is 9.59 Å². The number of nitrogens with one attached hydrogen (secondary N) is 2. The number of rotatable bonds is 5. The molecule has 0 aromatic heterocycles. The summed E-state index contributed by atoms with van der Waals surface area (Å²) in [4.78, 5) is 23.9. The first kappa shape index (κ1) is 19.2. The van der Waals surface area contributed by atoms with Crippen LogP contribution < -0.4 is 10.7 Å². The van der Waals surface area contributed by atoms with Gasteiger partial charge in [-0.2, -0.15) is 5.10 Å². The first-order chi connectivity index (χ1) is 11.8. The maximum atomic E-state index is 12.0. The molecule has 25 heavy (non-hydrogen) atoms. The Morgan fingerprint density at radius 1 is 1.00 bits per heavy atom. The van der Waals surface area contributed by atoms with Crippen LogP contribution in [0.5, 0.6) is 0 Å². The van der Waals surface area contributed by atoms with Crippen molar-refractivity contribution in [3.63, 3.8) is 0 Å². The van der Waals surface area contributed by atoms with Crippen molar-refractivity contribution < 1.29 is 9.59 Å². The van der Waals surface area contributed by atoms with Crippen molar-refractivity contribution in [2.24, 2.45) is 5.10 Å². The molecule has 0 spiro atoms. The lowest BCUT2D eigenvalue weighted by Crippen LogP contribution is -2.21. The topological polar surface area (TPSA) is 70.6 Å². The van der Waals surface area contributed by atoms with E-state index >= 15 is 0 Å². The smallest absolute Gasteiger partial charge is 0.271 e. The van der Waals surface area contributed by atoms with Gasteiger partial charge in [0.05, 0.1) is 17.1 Å². The molecule has 0 aliphatic rings. The summed E-state index contributed by atoms with van der Waals surface area (Å²) >= 11 is 17.6. The number of hydrazone groups is 1. The van der Waals surface area contributed by atoms with Crippen molar-refractivity contribution >= 4 is 58.0 Å². The van der Waals surface area contributed by atoms with E-state index in [1.54, 1.807) is 43.3 Å². The second kappa shape index (κ2) is 8.85. The lowest BCUT2D eigenvalue weighted by atomic mass is 10.2. The zero-order valence-corrected chi connectivity index (χ0v) is 15.4. The fraction of sp³-hybridized carbons (Fsp3) is 0.118. The normalized spacial score (nSPS) is 11.1. The number of benzene rings is 2. The predicted molar refractivity (Wildman–Crippen MR) is 102 cm³/mol. The van der Waals surface area contributed by atoms with Crippen molar-refractivity contribution in [3.05, 3.63) is 63.1 Å². The van der Waals surface area contributed by atoms with E-state index in [-0.39, 0.29) is 12.3 Å². The van der Waals surface area contributed by atoms with Crippen molar-refractivity contribution in [3.8, 4) is 0 Å². The molecule has 0 bridgehead atoms. The molecule has 2 N–H and O–H groups in total. The van der Waals surface area contributed by atoms with Gasteiger partial charge in [0.1, 0.15) is 0 Å². The standard InChI is InChI=1S/C17H14Cl3N3O2/c1-10(22-23-17(25)11-2-4-12(18)5-3-11)8-16(24)21-15-7-6-13(19)9-14(15)20/h2-7,9H,8H2,1H3,(H,21,24)(H,23,25)/b22-10+. The molecule has 0 fully saturated rings. The third kappa shape index (κ3) is 6.05. The molecule has 0 heterocycles. The van der Waals surface area contributed by atoms with Crippen molar-refractivity contribution in [2.45, 2.75) is 13.3 Å². The van der Waals surface area contributed by atoms with Gasteiger partial charge in [-0.15, -0.1) is 0 Å². The molecule has 2 aromatic carbocycles. The Hall–Kier alpha value is -2.08. The highest BCUT2D eigenvalue weighted by Gasteiger charge is 2.09. The van der Waals surface area contributed by atoms with Gasteiger partial charge < -0.3 is 5.32 Å². The van der Waals surface area contributed by atoms with E-state index in [9.17, 15) is 9.59 Å². The highest BCUT2D eigenvalue weighted by atomic mass is 35.5. The average molecular weight is 399 g/mol. The third-order valence-corrected chi connectivity index (χ3v) is 3.88. The highest BCUT2D eigenvalue weighted by Crippen LogP contribution is 2.25. The summed E-state index contributed by atoms with van der Waals surface area (Å²) < 4.78 is 0. The van der Waals surface area contributed by atoms with Gasteiger partial charge in [-0.1, -0.05) is 34.8 Å². The number of hydrogen-bond acceptors (Lipinski definition) is 3. The Morgan fingerprint density at radius 3 is 2.28 bits per heavy atom. The average Bonchev–Trinajstić information content (AvgIpc) is 2.56. The van der Waals surface area contributed by atoms with Gasteiger partial charge in [0.15, 0.2) is 0 Å². The maximum absolute atomic E-state index is 12.0. The molecule has 2 aromatic rings. The Labute approximate surface area is 160 Å². The summed E-state index contributed by atoms with van der Waals surface area (Å²) in [5, 5.41) is 7.92. The number of carbonyl (C=O) groups is 2. The van der Waals surface area contributed by atoms with E-state index in [1.165, 1.54) is 6.07 Å². The van der Waals surface area contributed by atoms with Gasteiger partial charge >= 0.3 is 0 Å². The van der Waals surface area contributed by atoms with Gasteiger partial charge in [-0.25, -0.2) is 5.43 Å². The van der Waals surface area contributed by atoms with Crippen LogP contribution in [0.15, 0.2) is 47.6 Å². The Morgan fingerprint density at radius 2 is 1.64 bits per heavy atom. The number of nitrogens with zero attached hydrogens (tertiary/aromatic N) is 1. The predicted octanol–water partition coefficient (Wildman–Crippen LogP) is 4.78. The molecular formula is C17H14Cl3N3O2. The van der Waals surface area contributed by atoms with Crippen molar-refractivity contribution in [2.75, 3.05) is 5.32 Å². The minimum Gasteiger partial charge on any atom is -0.324 e. The van der Waals surface area contributed by atoms with E-state index in [4.69, 9.17) is 34.8 Å². The van der Waals surface area contributed by atoms with Crippen LogP contribution >= 0.6 is 34.8 Å². The first-order valence-electron chi connectivity index (χ1n) is 7.19. The van der Waals surface area contributed by atoms with Crippen molar-refractivity contribution in [1.82, 2.24) is 5.43 Å². The Balaban J connectivity index is 1.90. The molecule has 0 saturated carbocycles. The summed E-state index contributed by atoms with van der Waals surface area (Å²) in [5.74, 6) is -0.705. The van der Waals surface area contributed by atoms with E-state index in [0.29, 0.717) is 32.0 Å². The minimum absolute atomic E-state index is 0.000146. The molecular weight excluding hydrogens is 385 g/mol. The fourth-order valence-corrected chi connectivity index (χ4v) is 2.45. The fourth-order valence-electron chi connectivity index (χ4n) is 1.87. The molecule has 2 amide bonds. The maximum Gasteiger partial charge on any atom is 0.271 e. The van der Waals surface area contributed by atoms with Crippen LogP contribution in [0.1, 0.15) is 23.7 Å². The molecule has 0 aliphatic carbocycles. The summed E-state index contributed by atoms with van der Waals surface area (Å²) in [6.45, 7) is 1.63. The Kier molecular flexibility index (Phi) is 6.82. The summed E-state index contributed by atoms with van der Waals surface area (Å²) in [7, 11) is 0. The third-order valence-electron chi connectivity index (χ3n) is 3.08. The number of halogens is 3.